The van der Waals surface area contributed by atoms with E-state index < -0.39 is 0 Å². The van der Waals surface area contributed by atoms with Crippen molar-refractivity contribution in [1.29, 1.82) is 0 Å². The minimum Gasteiger partial charge on any atom is -0.309 e. The fraction of sp³-hybridized carbons (Fsp3) is 0.0690. The lowest BCUT2D eigenvalue weighted by Gasteiger charge is -2.11. The van der Waals surface area contributed by atoms with Crippen LogP contribution in [0.2, 0.25) is 0 Å². The molecule has 0 spiro atoms. The molecule has 290 valence electrons. The summed E-state index contributed by atoms with van der Waals surface area (Å²) in [7, 11) is 0. The van der Waals surface area contributed by atoms with Crippen LogP contribution in [0.4, 0.5) is 0 Å². The molecule has 9 aromatic carbocycles. The summed E-state index contributed by atoms with van der Waals surface area (Å²) in [6, 6.07) is 76.2. The van der Waals surface area contributed by atoms with E-state index in [2.05, 4.69) is 227 Å². The van der Waals surface area contributed by atoms with Gasteiger partial charge in [-0.3, -0.25) is 0 Å². The summed E-state index contributed by atoms with van der Waals surface area (Å²) in [6.07, 6.45) is 3.48. The number of hydrogen-bond acceptors (Lipinski definition) is 0. The second-order valence-corrected chi connectivity index (χ2v) is 16.4. The fourth-order valence-corrected chi connectivity index (χ4v) is 9.90. The average Bonchev–Trinajstić information content (AvgIpc) is 3.96. The SMILES string of the molecule is CCCCc1ccc2c3cc(-n4c5ccccc5c5cc(-c6ccc7c(c6)c6ccccc6n7-c6cccc(-c7ccccc7)c6)ccc54)ccc3n(-c3ccccc3)c2c1. The molecule has 12 rings (SSSR count). The van der Waals surface area contributed by atoms with Crippen LogP contribution in [0.25, 0.3) is 105 Å². The summed E-state index contributed by atoms with van der Waals surface area (Å²) in [5.41, 5.74) is 17.1. The van der Waals surface area contributed by atoms with E-state index in [9.17, 15) is 0 Å². The second-order valence-electron chi connectivity index (χ2n) is 16.4. The Hall–Kier alpha value is -7.62. The summed E-state index contributed by atoms with van der Waals surface area (Å²) in [6.45, 7) is 2.27. The number of aryl methyl sites for hydroxylation is 1. The van der Waals surface area contributed by atoms with E-state index in [1.165, 1.54) is 117 Å². The Bertz CT molecular complexity index is 3620. The molecule has 3 heteroatoms. The molecule has 0 N–H and O–H groups in total. The van der Waals surface area contributed by atoms with Crippen LogP contribution >= 0.6 is 0 Å². The van der Waals surface area contributed by atoms with Gasteiger partial charge in [0.25, 0.3) is 0 Å². The molecule has 0 aliphatic rings. The summed E-state index contributed by atoms with van der Waals surface area (Å²) in [5.74, 6) is 0. The Labute approximate surface area is 355 Å². The van der Waals surface area contributed by atoms with Crippen molar-refractivity contribution < 1.29 is 0 Å². The molecule has 3 aromatic heterocycles. The molecule has 0 fully saturated rings. The predicted octanol–water partition coefficient (Wildman–Crippen LogP) is 15.7. The Morgan fingerprint density at radius 3 is 1.43 bits per heavy atom. The summed E-state index contributed by atoms with van der Waals surface area (Å²) < 4.78 is 7.31. The van der Waals surface area contributed by atoms with Crippen molar-refractivity contribution in [3.8, 4) is 39.3 Å². The molecule has 0 aliphatic carbocycles. The van der Waals surface area contributed by atoms with Gasteiger partial charge in [-0.05, 0) is 126 Å². The lowest BCUT2D eigenvalue weighted by atomic mass is 10.0. The van der Waals surface area contributed by atoms with Gasteiger partial charge < -0.3 is 13.7 Å². The lowest BCUT2D eigenvalue weighted by Crippen LogP contribution is -1.96. The first-order valence-corrected chi connectivity index (χ1v) is 21.6. The summed E-state index contributed by atoms with van der Waals surface area (Å²) in [4.78, 5) is 0. The van der Waals surface area contributed by atoms with Gasteiger partial charge in [0.05, 0.1) is 33.1 Å². The van der Waals surface area contributed by atoms with E-state index in [4.69, 9.17) is 0 Å². The lowest BCUT2D eigenvalue weighted by molar-refractivity contribution is 0.795. The Balaban J connectivity index is 0.999. The number of aromatic nitrogens is 3. The molecule has 0 aliphatic heterocycles. The van der Waals surface area contributed by atoms with Crippen molar-refractivity contribution in [2.75, 3.05) is 0 Å². The van der Waals surface area contributed by atoms with Crippen molar-refractivity contribution in [2.45, 2.75) is 26.2 Å². The zero-order chi connectivity index (χ0) is 40.4. The predicted molar refractivity (Wildman–Crippen MR) is 259 cm³/mol. The summed E-state index contributed by atoms with van der Waals surface area (Å²) in [5, 5.41) is 7.55. The third-order valence-electron chi connectivity index (χ3n) is 12.8. The molecule has 12 aromatic rings. The van der Waals surface area contributed by atoms with Gasteiger partial charge in [0.15, 0.2) is 0 Å². The highest BCUT2D eigenvalue weighted by Gasteiger charge is 2.19. The van der Waals surface area contributed by atoms with Gasteiger partial charge >= 0.3 is 0 Å². The van der Waals surface area contributed by atoms with Crippen LogP contribution in [-0.4, -0.2) is 13.7 Å². The molecule has 0 saturated carbocycles. The quantitative estimate of drug-likeness (QED) is 0.146. The zero-order valence-electron chi connectivity index (χ0n) is 34.1. The van der Waals surface area contributed by atoms with E-state index in [1.807, 2.05) is 0 Å². The first-order chi connectivity index (χ1) is 30.2. The normalized spacial score (nSPS) is 11.9. The van der Waals surface area contributed by atoms with Crippen LogP contribution in [0.15, 0.2) is 206 Å². The molecule has 0 unspecified atom stereocenters. The molecule has 0 radical (unpaired) electrons. The number of para-hydroxylation sites is 3. The van der Waals surface area contributed by atoms with Gasteiger partial charge in [-0.15, -0.1) is 0 Å². The third-order valence-corrected chi connectivity index (χ3v) is 12.8. The van der Waals surface area contributed by atoms with Gasteiger partial charge in [-0.1, -0.05) is 135 Å². The van der Waals surface area contributed by atoms with Crippen LogP contribution < -0.4 is 0 Å². The van der Waals surface area contributed by atoms with Gasteiger partial charge in [-0.2, -0.15) is 0 Å². The van der Waals surface area contributed by atoms with Crippen LogP contribution in [0.3, 0.4) is 0 Å². The van der Waals surface area contributed by atoms with Crippen LogP contribution in [-0.2, 0) is 6.42 Å². The average molecular weight is 782 g/mol. The maximum Gasteiger partial charge on any atom is 0.0543 e. The van der Waals surface area contributed by atoms with Crippen molar-refractivity contribution >= 4 is 65.4 Å². The van der Waals surface area contributed by atoms with Crippen LogP contribution in [0, 0.1) is 0 Å². The number of hydrogen-bond donors (Lipinski definition) is 0. The summed E-state index contributed by atoms with van der Waals surface area (Å²) >= 11 is 0. The van der Waals surface area contributed by atoms with Crippen LogP contribution in [0.5, 0.6) is 0 Å². The number of fused-ring (bicyclic) bond motifs is 9. The van der Waals surface area contributed by atoms with Crippen molar-refractivity contribution in [3.05, 3.63) is 212 Å². The number of nitrogens with zero attached hydrogens (tertiary/aromatic N) is 3. The molecular weight excluding hydrogens is 739 g/mol. The molecule has 0 bridgehead atoms. The van der Waals surface area contributed by atoms with E-state index in [-0.39, 0.29) is 0 Å². The zero-order valence-corrected chi connectivity index (χ0v) is 34.1. The van der Waals surface area contributed by atoms with E-state index >= 15 is 0 Å². The van der Waals surface area contributed by atoms with Gasteiger partial charge in [0, 0.05) is 49.4 Å². The molecular formula is C58H43N3. The number of unbranched alkanes of at least 4 members (excludes halogenated alkanes) is 1. The van der Waals surface area contributed by atoms with Crippen molar-refractivity contribution in [1.82, 2.24) is 13.7 Å². The Kier molecular flexibility index (Phi) is 8.28. The van der Waals surface area contributed by atoms with Gasteiger partial charge in [-0.25, -0.2) is 0 Å². The van der Waals surface area contributed by atoms with E-state index in [0.29, 0.717) is 0 Å². The third kappa shape index (κ3) is 5.73. The minimum atomic E-state index is 1.10. The Morgan fingerprint density at radius 2 is 0.770 bits per heavy atom. The largest absolute Gasteiger partial charge is 0.309 e. The Morgan fingerprint density at radius 1 is 0.295 bits per heavy atom. The maximum atomic E-state index is 2.45. The van der Waals surface area contributed by atoms with Crippen molar-refractivity contribution in [2.24, 2.45) is 0 Å². The topological polar surface area (TPSA) is 14.8 Å². The smallest absolute Gasteiger partial charge is 0.0543 e. The van der Waals surface area contributed by atoms with Gasteiger partial charge in [0.2, 0.25) is 0 Å². The first-order valence-electron chi connectivity index (χ1n) is 21.6. The molecule has 0 amide bonds. The van der Waals surface area contributed by atoms with E-state index in [0.717, 1.165) is 12.1 Å². The highest BCUT2D eigenvalue weighted by Crippen LogP contribution is 2.40. The molecule has 0 atom stereocenters. The molecule has 0 saturated heterocycles. The number of benzene rings is 9. The van der Waals surface area contributed by atoms with Crippen molar-refractivity contribution in [3.63, 3.8) is 0 Å². The van der Waals surface area contributed by atoms with E-state index in [1.54, 1.807) is 0 Å². The standard InChI is InChI=1S/C58H43N3/c1-2-3-15-39-26-30-49-52-38-46(29-33-57(52)59(58(49)34-39)44-19-8-5-9-20-44)61-54-25-13-11-23-48(54)51-37-43(28-32-56(51)61)42-27-31-55-50(36-42)47-22-10-12-24-53(47)60(55)45-21-14-18-41(35-45)40-16-6-4-7-17-40/h4-14,16-38H,2-3,15H2,1H3. The van der Waals surface area contributed by atoms with Gasteiger partial charge in [0.1, 0.15) is 0 Å². The first kappa shape index (κ1) is 35.3. The highest BCUT2D eigenvalue weighted by atomic mass is 15.0. The van der Waals surface area contributed by atoms with Crippen LogP contribution in [0.1, 0.15) is 25.3 Å². The minimum absolute atomic E-state index is 1.10. The fourth-order valence-electron chi connectivity index (χ4n) is 9.90. The highest BCUT2D eigenvalue weighted by molar-refractivity contribution is 6.14. The molecule has 3 heterocycles. The monoisotopic (exact) mass is 781 g/mol. The number of rotatable bonds is 8. The molecule has 61 heavy (non-hydrogen) atoms. The molecule has 3 nitrogen and oxygen atoms in total. The second kappa shape index (κ2) is 14.3. The maximum absolute atomic E-state index is 2.45.